The van der Waals surface area contributed by atoms with Gasteiger partial charge < -0.3 is 9.88 Å². The molecule has 4 aromatic rings. The number of allylic oxidation sites excluding steroid dienone is 2. The maximum atomic E-state index is 7.16. The summed E-state index contributed by atoms with van der Waals surface area (Å²) in [6.07, 6.45) is 9.70. The van der Waals surface area contributed by atoms with Crippen molar-refractivity contribution in [1.82, 2.24) is 24.7 Å². The molecule has 3 aromatic heterocycles. The number of nitrogens with zero attached hydrogens (tertiary/aromatic N) is 5. The molecular formula is C28H27ClN6. The third-order valence-corrected chi connectivity index (χ3v) is 8.37. The Kier molecular flexibility index (Phi) is 4.23. The van der Waals surface area contributed by atoms with Crippen LogP contribution in [0.2, 0.25) is 0 Å². The predicted molar refractivity (Wildman–Crippen MR) is 138 cm³/mol. The highest BCUT2D eigenvalue weighted by Crippen LogP contribution is 2.58. The zero-order chi connectivity index (χ0) is 23.9. The Morgan fingerprint density at radius 1 is 1.11 bits per heavy atom. The van der Waals surface area contributed by atoms with Gasteiger partial charge in [0.05, 0.1) is 22.5 Å². The number of aryl methyl sites for hydroxylation is 1. The molecule has 0 spiro atoms. The molecule has 7 heteroatoms. The number of benzene rings is 1. The topological polar surface area (TPSA) is 62.6 Å². The lowest BCUT2D eigenvalue weighted by Gasteiger charge is -2.45. The van der Waals surface area contributed by atoms with Gasteiger partial charge in [0.15, 0.2) is 0 Å². The fourth-order valence-electron chi connectivity index (χ4n) is 6.44. The molecule has 2 aliphatic heterocycles. The summed E-state index contributed by atoms with van der Waals surface area (Å²) in [5, 5.41) is 5.28. The molecule has 5 heterocycles. The number of fused-ring (bicyclic) bond motifs is 10. The fraction of sp³-hybridized carbons (Fsp3) is 0.321. The van der Waals surface area contributed by atoms with Crippen LogP contribution in [0.1, 0.15) is 60.1 Å². The Labute approximate surface area is 209 Å². The number of para-hydroxylation sites is 1. The first kappa shape index (κ1) is 20.9. The molecule has 0 saturated heterocycles. The molecule has 2 atom stereocenters. The predicted octanol–water partition coefficient (Wildman–Crippen LogP) is 5.29. The number of nitrogens with one attached hydrogen (secondary N) is 1. The van der Waals surface area contributed by atoms with Gasteiger partial charge in [-0.1, -0.05) is 31.2 Å². The Balaban J connectivity index is 1.54. The van der Waals surface area contributed by atoms with Gasteiger partial charge in [0, 0.05) is 54.9 Å². The summed E-state index contributed by atoms with van der Waals surface area (Å²) in [5.74, 6) is 0.767. The standard InChI is InChI=1S/C28H27ClN6/c1-4-17-7-5-8-18-21-15-27(2,29)24-20(9-13-30-24)28(21,3)25-19-16-34(26-31-11-6-12-32-26)14-10-22(19)33-35(25)23(17)18/h5-9,11-13,15,30H,4,10,14,16H2,1-3H3. The van der Waals surface area contributed by atoms with Gasteiger partial charge in [0.2, 0.25) is 5.95 Å². The smallest absolute Gasteiger partial charge is 0.225 e. The third kappa shape index (κ3) is 2.69. The van der Waals surface area contributed by atoms with Crippen molar-refractivity contribution >= 4 is 23.1 Å². The highest BCUT2D eigenvalue weighted by atomic mass is 35.5. The number of anilines is 1. The van der Waals surface area contributed by atoms with Crippen LogP contribution in [0.3, 0.4) is 0 Å². The number of halogens is 1. The summed E-state index contributed by atoms with van der Waals surface area (Å²) >= 11 is 7.16. The summed E-state index contributed by atoms with van der Waals surface area (Å²) in [7, 11) is 0. The second-order valence-corrected chi connectivity index (χ2v) is 10.9. The molecule has 2 unspecified atom stereocenters. The van der Waals surface area contributed by atoms with Crippen molar-refractivity contribution in [2.45, 2.75) is 50.4 Å². The average molecular weight is 483 g/mol. The molecule has 1 aliphatic carbocycles. The zero-order valence-corrected chi connectivity index (χ0v) is 20.9. The summed E-state index contributed by atoms with van der Waals surface area (Å²) in [6, 6.07) is 10.7. The summed E-state index contributed by atoms with van der Waals surface area (Å²) in [6.45, 7) is 8.22. The molecule has 0 radical (unpaired) electrons. The number of aromatic nitrogens is 5. The van der Waals surface area contributed by atoms with Crippen molar-refractivity contribution in [3.8, 4) is 5.69 Å². The van der Waals surface area contributed by atoms with Crippen LogP contribution < -0.4 is 4.90 Å². The first-order valence-electron chi connectivity index (χ1n) is 12.3. The maximum Gasteiger partial charge on any atom is 0.225 e. The van der Waals surface area contributed by atoms with Gasteiger partial charge in [-0.2, -0.15) is 5.10 Å². The van der Waals surface area contributed by atoms with Gasteiger partial charge in [0.1, 0.15) is 4.87 Å². The number of hydrogen-bond acceptors (Lipinski definition) is 4. The van der Waals surface area contributed by atoms with Gasteiger partial charge >= 0.3 is 0 Å². The van der Waals surface area contributed by atoms with Crippen molar-refractivity contribution in [1.29, 1.82) is 0 Å². The molecular weight excluding hydrogens is 456 g/mol. The monoisotopic (exact) mass is 482 g/mol. The van der Waals surface area contributed by atoms with E-state index in [1.807, 2.05) is 24.7 Å². The SMILES string of the molecule is CCc1cccc2c1-n1nc3c(c1C1(C)C2=CC(C)(Cl)c2[nH]ccc21)CN(c1ncccn1)CC3. The van der Waals surface area contributed by atoms with Crippen LogP contribution in [-0.2, 0) is 29.7 Å². The van der Waals surface area contributed by atoms with Gasteiger partial charge in [-0.15, -0.1) is 11.6 Å². The van der Waals surface area contributed by atoms with Crippen molar-refractivity contribution in [3.63, 3.8) is 0 Å². The van der Waals surface area contributed by atoms with Crippen LogP contribution in [-0.4, -0.2) is 31.3 Å². The van der Waals surface area contributed by atoms with Crippen LogP contribution in [0.4, 0.5) is 5.95 Å². The van der Waals surface area contributed by atoms with Gasteiger partial charge in [-0.05, 0) is 49.1 Å². The summed E-state index contributed by atoms with van der Waals surface area (Å²) in [5.41, 5.74) is 10.5. The third-order valence-electron chi connectivity index (χ3n) is 8.07. The van der Waals surface area contributed by atoms with E-state index in [2.05, 4.69) is 75.6 Å². The van der Waals surface area contributed by atoms with E-state index in [9.17, 15) is 0 Å². The number of rotatable bonds is 2. The van der Waals surface area contributed by atoms with Crippen LogP contribution in [0.25, 0.3) is 11.3 Å². The van der Waals surface area contributed by atoms with E-state index in [0.29, 0.717) is 0 Å². The van der Waals surface area contributed by atoms with E-state index < -0.39 is 4.87 Å². The van der Waals surface area contributed by atoms with Crippen molar-refractivity contribution < 1.29 is 0 Å². The Morgan fingerprint density at radius 2 is 1.94 bits per heavy atom. The van der Waals surface area contributed by atoms with Crippen LogP contribution in [0, 0.1) is 0 Å². The van der Waals surface area contributed by atoms with Crippen LogP contribution in [0.15, 0.2) is 55.0 Å². The molecule has 7 rings (SSSR count). The van der Waals surface area contributed by atoms with Crippen molar-refractivity contribution in [3.05, 3.63) is 94.3 Å². The molecule has 35 heavy (non-hydrogen) atoms. The lowest BCUT2D eigenvalue weighted by atomic mass is 9.63. The first-order chi connectivity index (χ1) is 16.9. The van der Waals surface area contributed by atoms with Gasteiger partial charge in [0.25, 0.3) is 0 Å². The molecule has 1 aromatic carbocycles. The second kappa shape index (κ2) is 7.08. The van der Waals surface area contributed by atoms with E-state index in [1.54, 1.807) is 0 Å². The highest BCUT2D eigenvalue weighted by molar-refractivity contribution is 6.26. The Bertz CT molecular complexity index is 1510. The minimum absolute atomic E-state index is 0.385. The van der Waals surface area contributed by atoms with Crippen molar-refractivity contribution in [2.24, 2.45) is 0 Å². The number of H-pyrrole nitrogens is 1. The summed E-state index contributed by atoms with van der Waals surface area (Å²) < 4.78 is 2.25. The largest absolute Gasteiger partial charge is 0.363 e. The molecule has 6 nitrogen and oxygen atoms in total. The fourth-order valence-corrected chi connectivity index (χ4v) is 6.71. The Morgan fingerprint density at radius 3 is 2.74 bits per heavy atom. The molecule has 0 saturated carbocycles. The quantitative estimate of drug-likeness (QED) is 0.394. The molecule has 1 N–H and O–H groups in total. The number of hydrogen-bond donors (Lipinski definition) is 1. The van der Waals surface area contributed by atoms with E-state index in [0.717, 1.165) is 37.6 Å². The number of aromatic amines is 1. The second-order valence-electron chi connectivity index (χ2n) is 10.1. The average Bonchev–Trinajstić information content (AvgIpc) is 3.52. The minimum atomic E-state index is -0.612. The molecule has 0 bridgehead atoms. The lowest BCUT2D eigenvalue weighted by Crippen LogP contribution is -2.40. The van der Waals surface area contributed by atoms with E-state index in [-0.39, 0.29) is 5.41 Å². The highest BCUT2D eigenvalue weighted by Gasteiger charge is 2.51. The lowest BCUT2D eigenvalue weighted by molar-refractivity contribution is 0.598. The summed E-state index contributed by atoms with van der Waals surface area (Å²) in [4.78, 5) is 14.2. The van der Waals surface area contributed by atoms with Crippen LogP contribution >= 0.6 is 11.6 Å². The Hall–Kier alpha value is -3.38. The number of alkyl halides is 1. The minimum Gasteiger partial charge on any atom is -0.363 e. The molecule has 0 amide bonds. The van der Waals surface area contributed by atoms with Gasteiger partial charge in [-0.3, -0.25) is 0 Å². The normalized spacial score (nSPS) is 24.1. The molecule has 0 fully saturated rings. The van der Waals surface area contributed by atoms with E-state index in [1.165, 1.54) is 44.9 Å². The maximum absolute atomic E-state index is 7.16. The van der Waals surface area contributed by atoms with E-state index in [4.69, 9.17) is 16.7 Å². The molecule has 176 valence electrons. The van der Waals surface area contributed by atoms with Gasteiger partial charge in [-0.25, -0.2) is 14.6 Å². The van der Waals surface area contributed by atoms with Crippen LogP contribution in [0.5, 0.6) is 0 Å². The first-order valence-corrected chi connectivity index (χ1v) is 12.7. The molecule has 3 aliphatic rings. The zero-order valence-electron chi connectivity index (χ0n) is 20.1. The van der Waals surface area contributed by atoms with E-state index >= 15 is 0 Å². The van der Waals surface area contributed by atoms with Crippen molar-refractivity contribution in [2.75, 3.05) is 11.4 Å².